The summed E-state index contributed by atoms with van der Waals surface area (Å²) in [4.78, 5) is 0. The van der Waals surface area contributed by atoms with Crippen LogP contribution in [0.5, 0.6) is 0 Å². The molecule has 0 amide bonds. The van der Waals surface area contributed by atoms with E-state index in [9.17, 15) is 0 Å². The standard InChI is InChI=1S/C13H18N/c1-4-9-12(5-2)13-10-7-8-11-14(13)6-3/h4,7-11H,1,5-6H2,2-3H3/q+1. The summed E-state index contributed by atoms with van der Waals surface area (Å²) in [5, 5.41) is 0. The van der Waals surface area contributed by atoms with E-state index in [0.29, 0.717) is 0 Å². The fourth-order valence-electron chi connectivity index (χ4n) is 1.57. The second-order valence-electron chi connectivity index (χ2n) is 3.15. The van der Waals surface area contributed by atoms with E-state index in [1.807, 2.05) is 6.08 Å². The summed E-state index contributed by atoms with van der Waals surface area (Å²) in [6.07, 6.45) is 7.09. The SMILES string of the molecule is C=CC=C(CC)c1cccc[n+]1CC. The van der Waals surface area contributed by atoms with Gasteiger partial charge in [-0.05, 0) is 19.4 Å². The van der Waals surface area contributed by atoms with Crippen LogP contribution in [0, 0.1) is 0 Å². The molecule has 0 saturated heterocycles. The molecule has 0 saturated carbocycles. The molecule has 0 unspecified atom stereocenters. The van der Waals surface area contributed by atoms with Gasteiger partial charge in [-0.2, -0.15) is 4.57 Å². The first-order valence-corrected chi connectivity index (χ1v) is 5.13. The number of aryl methyl sites for hydroxylation is 1. The van der Waals surface area contributed by atoms with Gasteiger partial charge in [0.2, 0.25) is 5.69 Å². The van der Waals surface area contributed by atoms with Crippen LogP contribution in [0.3, 0.4) is 0 Å². The van der Waals surface area contributed by atoms with Crippen molar-refractivity contribution in [1.82, 2.24) is 0 Å². The molecule has 0 atom stereocenters. The normalized spacial score (nSPS) is 11.4. The lowest BCUT2D eigenvalue weighted by Crippen LogP contribution is -2.36. The lowest BCUT2D eigenvalue weighted by molar-refractivity contribution is -0.695. The quantitative estimate of drug-likeness (QED) is 0.505. The van der Waals surface area contributed by atoms with Crippen molar-refractivity contribution in [2.45, 2.75) is 26.8 Å². The zero-order valence-electron chi connectivity index (χ0n) is 9.03. The average molecular weight is 188 g/mol. The van der Waals surface area contributed by atoms with Gasteiger partial charge in [-0.15, -0.1) is 0 Å². The first-order valence-electron chi connectivity index (χ1n) is 5.13. The maximum atomic E-state index is 3.74. The molecule has 0 fully saturated rings. The molecule has 0 aliphatic carbocycles. The predicted molar refractivity (Wildman–Crippen MR) is 60.8 cm³/mol. The molecule has 0 bridgehead atoms. The van der Waals surface area contributed by atoms with Gasteiger partial charge in [0.05, 0.1) is 0 Å². The van der Waals surface area contributed by atoms with Crippen LogP contribution in [-0.2, 0) is 6.54 Å². The van der Waals surface area contributed by atoms with Gasteiger partial charge in [0.25, 0.3) is 0 Å². The zero-order chi connectivity index (χ0) is 10.4. The van der Waals surface area contributed by atoms with Crippen LogP contribution in [0.15, 0.2) is 43.1 Å². The fourth-order valence-corrected chi connectivity index (χ4v) is 1.57. The second kappa shape index (κ2) is 5.38. The van der Waals surface area contributed by atoms with Crippen molar-refractivity contribution in [3.8, 4) is 0 Å². The van der Waals surface area contributed by atoms with E-state index >= 15 is 0 Å². The van der Waals surface area contributed by atoms with Crippen molar-refractivity contribution >= 4 is 5.57 Å². The highest BCUT2D eigenvalue weighted by Gasteiger charge is 2.10. The Morgan fingerprint density at radius 1 is 1.43 bits per heavy atom. The Morgan fingerprint density at radius 2 is 2.21 bits per heavy atom. The Balaban J connectivity index is 3.15. The van der Waals surface area contributed by atoms with Crippen LogP contribution in [0.25, 0.3) is 5.57 Å². The van der Waals surface area contributed by atoms with E-state index in [0.717, 1.165) is 13.0 Å². The molecule has 1 nitrogen and oxygen atoms in total. The molecule has 1 heteroatoms. The molecule has 0 spiro atoms. The summed E-state index contributed by atoms with van der Waals surface area (Å²) < 4.78 is 2.25. The number of allylic oxidation sites excluding steroid dienone is 3. The Bertz CT molecular complexity index is 337. The molecule has 1 heterocycles. The van der Waals surface area contributed by atoms with E-state index < -0.39 is 0 Å². The number of rotatable bonds is 4. The van der Waals surface area contributed by atoms with Crippen LogP contribution in [0.4, 0.5) is 0 Å². The Kier molecular flexibility index (Phi) is 4.11. The van der Waals surface area contributed by atoms with Crippen LogP contribution in [-0.4, -0.2) is 0 Å². The monoisotopic (exact) mass is 188 g/mol. The molecule has 1 aromatic rings. The van der Waals surface area contributed by atoms with Crippen molar-refractivity contribution in [1.29, 1.82) is 0 Å². The van der Waals surface area contributed by atoms with Crippen LogP contribution < -0.4 is 4.57 Å². The summed E-state index contributed by atoms with van der Waals surface area (Å²) in [5.74, 6) is 0. The van der Waals surface area contributed by atoms with Crippen LogP contribution in [0.2, 0.25) is 0 Å². The summed E-state index contributed by atoms with van der Waals surface area (Å²) in [5.41, 5.74) is 2.62. The van der Waals surface area contributed by atoms with E-state index in [-0.39, 0.29) is 0 Å². The Hall–Kier alpha value is -1.37. The van der Waals surface area contributed by atoms with Crippen molar-refractivity contribution in [2.24, 2.45) is 0 Å². The maximum absolute atomic E-state index is 3.74. The summed E-state index contributed by atoms with van der Waals surface area (Å²) in [6.45, 7) is 9.07. The molecule has 14 heavy (non-hydrogen) atoms. The third kappa shape index (κ3) is 2.32. The van der Waals surface area contributed by atoms with Gasteiger partial charge in [-0.3, -0.25) is 0 Å². The topological polar surface area (TPSA) is 3.88 Å². The van der Waals surface area contributed by atoms with Crippen molar-refractivity contribution < 1.29 is 4.57 Å². The minimum atomic E-state index is 1.00. The number of hydrogen-bond acceptors (Lipinski definition) is 0. The van der Waals surface area contributed by atoms with E-state index in [1.165, 1.54) is 11.3 Å². The zero-order valence-corrected chi connectivity index (χ0v) is 9.03. The number of aromatic nitrogens is 1. The lowest BCUT2D eigenvalue weighted by Gasteiger charge is -2.03. The Morgan fingerprint density at radius 3 is 2.79 bits per heavy atom. The average Bonchev–Trinajstić information content (AvgIpc) is 2.26. The highest BCUT2D eigenvalue weighted by atomic mass is 14.9. The molecule has 0 aliphatic heterocycles. The summed E-state index contributed by atoms with van der Waals surface area (Å²) in [7, 11) is 0. The largest absolute Gasteiger partial charge is 0.208 e. The summed E-state index contributed by atoms with van der Waals surface area (Å²) >= 11 is 0. The third-order valence-corrected chi connectivity index (χ3v) is 2.31. The first kappa shape index (κ1) is 10.7. The van der Waals surface area contributed by atoms with E-state index in [2.05, 4.69) is 55.5 Å². The van der Waals surface area contributed by atoms with Crippen molar-refractivity contribution in [3.05, 3.63) is 48.8 Å². The molecule has 0 aromatic carbocycles. The maximum Gasteiger partial charge on any atom is 0.208 e. The Labute approximate surface area is 86.4 Å². The predicted octanol–water partition coefficient (Wildman–Crippen LogP) is 2.97. The lowest BCUT2D eigenvalue weighted by atomic mass is 10.1. The molecule has 0 radical (unpaired) electrons. The van der Waals surface area contributed by atoms with Crippen molar-refractivity contribution in [3.63, 3.8) is 0 Å². The third-order valence-electron chi connectivity index (χ3n) is 2.31. The van der Waals surface area contributed by atoms with E-state index in [4.69, 9.17) is 0 Å². The molecule has 1 rings (SSSR count). The number of pyridine rings is 1. The van der Waals surface area contributed by atoms with Gasteiger partial charge in [0.15, 0.2) is 6.20 Å². The van der Waals surface area contributed by atoms with E-state index in [1.54, 1.807) is 0 Å². The van der Waals surface area contributed by atoms with Crippen LogP contribution in [0.1, 0.15) is 26.0 Å². The molecular formula is C13H18N+. The van der Waals surface area contributed by atoms with Crippen molar-refractivity contribution in [2.75, 3.05) is 0 Å². The number of hydrogen-bond donors (Lipinski definition) is 0. The fraction of sp³-hybridized carbons (Fsp3) is 0.308. The minimum Gasteiger partial charge on any atom is -0.199 e. The van der Waals surface area contributed by atoms with Gasteiger partial charge in [0.1, 0.15) is 6.54 Å². The highest BCUT2D eigenvalue weighted by molar-refractivity contribution is 5.61. The molecule has 0 aliphatic rings. The van der Waals surface area contributed by atoms with Gasteiger partial charge >= 0.3 is 0 Å². The van der Waals surface area contributed by atoms with Gasteiger partial charge in [-0.1, -0.05) is 25.7 Å². The molecule has 74 valence electrons. The van der Waals surface area contributed by atoms with Gasteiger partial charge in [0, 0.05) is 17.7 Å². The molecular weight excluding hydrogens is 170 g/mol. The van der Waals surface area contributed by atoms with Gasteiger partial charge < -0.3 is 0 Å². The minimum absolute atomic E-state index is 1.00. The second-order valence-corrected chi connectivity index (χ2v) is 3.15. The first-order chi connectivity index (χ1) is 6.83. The highest BCUT2D eigenvalue weighted by Crippen LogP contribution is 2.13. The molecule has 1 aromatic heterocycles. The number of nitrogens with zero attached hydrogens (tertiary/aromatic N) is 1. The van der Waals surface area contributed by atoms with Crippen LogP contribution >= 0.6 is 0 Å². The van der Waals surface area contributed by atoms with Gasteiger partial charge in [-0.25, -0.2) is 0 Å². The summed E-state index contributed by atoms with van der Waals surface area (Å²) in [6, 6.07) is 6.30. The molecule has 0 N–H and O–H groups in total. The smallest absolute Gasteiger partial charge is 0.199 e.